The van der Waals surface area contributed by atoms with Gasteiger partial charge in [-0.3, -0.25) is 0 Å². The van der Waals surface area contributed by atoms with E-state index < -0.39 is 0 Å². The van der Waals surface area contributed by atoms with E-state index in [1.165, 1.54) is 37.8 Å². The van der Waals surface area contributed by atoms with E-state index in [4.69, 9.17) is 11.6 Å². The van der Waals surface area contributed by atoms with E-state index in [9.17, 15) is 0 Å². The molecule has 2 rings (SSSR count). The van der Waals surface area contributed by atoms with Crippen LogP contribution in [-0.4, -0.2) is 18.6 Å². The number of halogens is 1. The maximum Gasteiger partial charge on any atom is 0.0640 e. The standard InChI is InChI=1S/C16H25ClN2/c1-12-7-6-9-15(17)16(12)19-13(2)11-14-8-4-3-5-10-18-14/h6-7,9,13-14,18-19H,3-5,8,10-11H2,1-2H3. The van der Waals surface area contributed by atoms with E-state index in [1.807, 2.05) is 12.1 Å². The highest BCUT2D eigenvalue weighted by Gasteiger charge is 2.15. The normalized spacial score (nSPS) is 21.7. The van der Waals surface area contributed by atoms with E-state index >= 15 is 0 Å². The van der Waals surface area contributed by atoms with Crippen molar-refractivity contribution in [3.05, 3.63) is 28.8 Å². The number of hydrogen-bond acceptors (Lipinski definition) is 2. The smallest absolute Gasteiger partial charge is 0.0640 e. The molecule has 0 bridgehead atoms. The van der Waals surface area contributed by atoms with Crippen molar-refractivity contribution in [1.29, 1.82) is 0 Å². The van der Waals surface area contributed by atoms with Crippen molar-refractivity contribution in [2.45, 2.75) is 58.0 Å². The van der Waals surface area contributed by atoms with Crippen LogP contribution < -0.4 is 10.6 Å². The fourth-order valence-electron chi connectivity index (χ4n) is 2.85. The molecule has 0 aliphatic carbocycles. The molecule has 19 heavy (non-hydrogen) atoms. The van der Waals surface area contributed by atoms with Gasteiger partial charge in [0.15, 0.2) is 0 Å². The predicted molar refractivity (Wildman–Crippen MR) is 84.1 cm³/mol. The van der Waals surface area contributed by atoms with Crippen LogP contribution in [0.1, 0.15) is 44.6 Å². The Balaban J connectivity index is 1.91. The minimum Gasteiger partial charge on any atom is -0.381 e. The van der Waals surface area contributed by atoms with Gasteiger partial charge in [0.25, 0.3) is 0 Å². The molecule has 0 amide bonds. The lowest BCUT2D eigenvalue weighted by molar-refractivity contribution is 0.456. The molecule has 3 heteroatoms. The summed E-state index contributed by atoms with van der Waals surface area (Å²) in [7, 11) is 0. The summed E-state index contributed by atoms with van der Waals surface area (Å²) < 4.78 is 0. The van der Waals surface area contributed by atoms with Crippen LogP contribution in [0.3, 0.4) is 0 Å². The van der Waals surface area contributed by atoms with Crippen molar-refractivity contribution >= 4 is 17.3 Å². The first-order valence-corrected chi connectivity index (χ1v) is 7.79. The lowest BCUT2D eigenvalue weighted by Gasteiger charge is -2.23. The molecular weight excluding hydrogens is 256 g/mol. The molecule has 1 aromatic carbocycles. The third kappa shape index (κ3) is 4.39. The second-order valence-corrected chi connectivity index (χ2v) is 6.12. The zero-order valence-electron chi connectivity index (χ0n) is 12.0. The highest BCUT2D eigenvalue weighted by atomic mass is 35.5. The van der Waals surface area contributed by atoms with Crippen LogP contribution in [0.4, 0.5) is 5.69 Å². The number of nitrogens with one attached hydrogen (secondary N) is 2. The Morgan fingerprint density at radius 3 is 3.00 bits per heavy atom. The topological polar surface area (TPSA) is 24.1 Å². The van der Waals surface area contributed by atoms with Gasteiger partial charge >= 0.3 is 0 Å². The Bertz CT molecular complexity index is 377. The molecule has 2 unspecified atom stereocenters. The average molecular weight is 281 g/mol. The van der Waals surface area contributed by atoms with Gasteiger partial charge in [-0.2, -0.15) is 0 Å². The van der Waals surface area contributed by atoms with Crippen LogP contribution in [-0.2, 0) is 0 Å². The molecule has 0 aromatic heterocycles. The van der Waals surface area contributed by atoms with Gasteiger partial charge in [0, 0.05) is 12.1 Å². The van der Waals surface area contributed by atoms with Gasteiger partial charge in [-0.1, -0.05) is 36.6 Å². The minimum atomic E-state index is 0.439. The second kappa shape index (κ2) is 7.16. The van der Waals surface area contributed by atoms with Gasteiger partial charge in [-0.25, -0.2) is 0 Å². The summed E-state index contributed by atoms with van der Waals surface area (Å²) in [6, 6.07) is 7.14. The first-order chi connectivity index (χ1) is 9.16. The fraction of sp³-hybridized carbons (Fsp3) is 0.625. The molecule has 1 aliphatic rings. The Labute approximate surface area is 121 Å². The number of para-hydroxylation sites is 1. The first-order valence-electron chi connectivity index (χ1n) is 7.42. The van der Waals surface area contributed by atoms with Crippen molar-refractivity contribution < 1.29 is 0 Å². The van der Waals surface area contributed by atoms with Crippen LogP contribution in [0.25, 0.3) is 0 Å². The van der Waals surface area contributed by atoms with E-state index in [1.54, 1.807) is 0 Å². The van der Waals surface area contributed by atoms with Gasteiger partial charge in [0.1, 0.15) is 0 Å². The number of hydrogen-bond donors (Lipinski definition) is 2. The predicted octanol–water partition coefficient (Wildman–Crippen LogP) is 4.37. The third-order valence-electron chi connectivity index (χ3n) is 3.91. The molecule has 1 aliphatic heterocycles. The molecule has 2 N–H and O–H groups in total. The van der Waals surface area contributed by atoms with Gasteiger partial charge in [-0.15, -0.1) is 0 Å². The van der Waals surface area contributed by atoms with Gasteiger partial charge < -0.3 is 10.6 Å². The second-order valence-electron chi connectivity index (χ2n) is 5.71. The minimum absolute atomic E-state index is 0.439. The Morgan fingerprint density at radius 1 is 1.37 bits per heavy atom. The molecule has 0 radical (unpaired) electrons. The zero-order valence-corrected chi connectivity index (χ0v) is 12.8. The molecule has 1 aromatic rings. The fourth-order valence-corrected chi connectivity index (χ4v) is 3.13. The van der Waals surface area contributed by atoms with Crippen LogP contribution in [0.2, 0.25) is 5.02 Å². The molecule has 1 saturated heterocycles. The molecule has 2 nitrogen and oxygen atoms in total. The van der Waals surface area contributed by atoms with Crippen LogP contribution >= 0.6 is 11.6 Å². The van der Waals surface area contributed by atoms with Crippen molar-refractivity contribution in [2.75, 3.05) is 11.9 Å². The molecule has 0 saturated carbocycles. The third-order valence-corrected chi connectivity index (χ3v) is 4.23. The maximum absolute atomic E-state index is 6.26. The summed E-state index contributed by atoms with van der Waals surface area (Å²) in [5, 5.41) is 8.05. The SMILES string of the molecule is Cc1cccc(Cl)c1NC(C)CC1CCCCCN1. The van der Waals surface area contributed by atoms with E-state index in [0.29, 0.717) is 12.1 Å². The largest absolute Gasteiger partial charge is 0.381 e. The lowest BCUT2D eigenvalue weighted by Crippen LogP contribution is -2.33. The van der Waals surface area contributed by atoms with Crippen LogP contribution in [0.5, 0.6) is 0 Å². The van der Waals surface area contributed by atoms with Crippen molar-refractivity contribution in [3.63, 3.8) is 0 Å². The highest BCUT2D eigenvalue weighted by molar-refractivity contribution is 6.33. The monoisotopic (exact) mass is 280 g/mol. The van der Waals surface area contributed by atoms with Crippen molar-refractivity contribution in [2.24, 2.45) is 0 Å². The summed E-state index contributed by atoms with van der Waals surface area (Å²) in [5.41, 5.74) is 2.30. The van der Waals surface area contributed by atoms with E-state index in [-0.39, 0.29) is 0 Å². The molecule has 1 heterocycles. The summed E-state index contributed by atoms with van der Waals surface area (Å²) >= 11 is 6.26. The quantitative estimate of drug-likeness (QED) is 0.856. The highest BCUT2D eigenvalue weighted by Crippen LogP contribution is 2.26. The average Bonchev–Trinajstić information content (AvgIpc) is 2.63. The Hall–Kier alpha value is -0.730. The Morgan fingerprint density at radius 2 is 2.21 bits per heavy atom. The maximum atomic E-state index is 6.26. The van der Waals surface area contributed by atoms with Crippen molar-refractivity contribution in [3.8, 4) is 0 Å². The van der Waals surface area contributed by atoms with Crippen LogP contribution in [0.15, 0.2) is 18.2 Å². The molecule has 2 atom stereocenters. The van der Waals surface area contributed by atoms with E-state index in [2.05, 4.69) is 30.5 Å². The summed E-state index contributed by atoms with van der Waals surface area (Å²) in [6.45, 7) is 5.52. The zero-order chi connectivity index (χ0) is 13.7. The number of aryl methyl sites for hydroxylation is 1. The number of benzene rings is 1. The van der Waals surface area contributed by atoms with Gasteiger partial charge in [0.2, 0.25) is 0 Å². The molecule has 0 spiro atoms. The summed E-state index contributed by atoms with van der Waals surface area (Å²) in [6.07, 6.45) is 6.50. The van der Waals surface area contributed by atoms with Crippen LogP contribution in [0, 0.1) is 6.92 Å². The summed E-state index contributed by atoms with van der Waals surface area (Å²) in [5.74, 6) is 0. The number of rotatable bonds is 4. The molecular formula is C16H25ClN2. The summed E-state index contributed by atoms with van der Waals surface area (Å²) in [4.78, 5) is 0. The molecule has 106 valence electrons. The number of anilines is 1. The van der Waals surface area contributed by atoms with Gasteiger partial charge in [0.05, 0.1) is 10.7 Å². The lowest BCUT2D eigenvalue weighted by atomic mass is 10.0. The van der Waals surface area contributed by atoms with Crippen molar-refractivity contribution in [1.82, 2.24) is 5.32 Å². The Kier molecular flexibility index (Phi) is 5.53. The van der Waals surface area contributed by atoms with E-state index in [0.717, 1.165) is 17.1 Å². The first kappa shape index (κ1) is 14.7. The molecule has 1 fully saturated rings. The van der Waals surface area contributed by atoms with Gasteiger partial charge in [-0.05, 0) is 51.3 Å².